The van der Waals surface area contributed by atoms with Crippen LogP contribution in [0.15, 0.2) is 22.7 Å². The number of halogens is 1. The number of hydrogen-bond donors (Lipinski definition) is 2. The first-order chi connectivity index (χ1) is 10.1. The van der Waals surface area contributed by atoms with Gasteiger partial charge in [0, 0.05) is 12.6 Å². The molecular formula is C16H23BrN2O2. The summed E-state index contributed by atoms with van der Waals surface area (Å²) in [6.45, 7) is 2.91. The minimum Gasteiger partial charge on any atom is -0.483 e. The van der Waals surface area contributed by atoms with E-state index in [0.717, 1.165) is 23.9 Å². The molecule has 0 bridgehead atoms. The van der Waals surface area contributed by atoms with E-state index < -0.39 is 0 Å². The van der Waals surface area contributed by atoms with E-state index in [-0.39, 0.29) is 18.6 Å². The van der Waals surface area contributed by atoms with Crippen molar-refractivity contribution in [1.29, 1.82) is 0 Å². The molecular weight excluding hydrogens is 332 g/mol. The van der Waals surface area contributed by atoms with E-state index in [9.17, 15) is 4.79 Å². The number of amides is 1. The van der Waals surface area contributed by atoms with Crippen LogP contribution in [0.25, 0.3) is 0 Å². The van der Waals surface area contributed by atoms with Crippen LogP contribution in [0.3, 0.4) is 0 Å². The fourth-order valence-corrected chi connectivity index (χ4v) is 2.55. The molecule has 5 heteroatoms. The highest BCUT2D eigenvalue weighted by atomic mass is 79.9. The van der Waals surface area contributed by atoms with E-state index in [4.69, 9.17) is 10.5 Å². The molecule has 1 amide bonds. The lowest BCUT2D eigenvalue weighted by atomic mass is 10.0. The van der Waals surface area contributed by atoms with Crippen molar-refractivity contribution in [2.45, 2.75) is 38.6 Å². The summed E-state index contributed by atoms with van der Waals surface area (Å²) in [7, 11) is 0. The van der Waals surface area contributed by atoms with Crippen LogP contribution < -0.4 is 15.8 Å². The van der Waals surface area contributed by atoms with E-state index in [1.54, 1.807) is 0 Å². The number of nitrogens with two attached hydrogens (primary N) is 1. The van der Waals surface area contributed by atoms with Gasteiger partial charge in [0.25, 0.3) is 5.91 Å². The SMILES string of the molecule is CCC(N)Cc1ccc(OCC(=O)NCC2CC2)c(Br)c1. The van der Waals surface area contributed by atoms with Gasteiger partial charge < -0.3 is 15.8 Å². The predicted octanol–water partition coefficient (Wildman–Crippen LogP) is 2.63. The molecule has 2 rings (SSSR count). The van der Waals surface area contributed by atoms with E-state index in [2.05, 4.69) is 28.2 Å². The number of benzene rings is 1. The number of carbonyl (C=O) groups excluding carboxylic acids is 1. The lowest BCUT2D eigenvalue weighted by Gasteiger charge is -2.12. The third-order valence-electron chi connectivity index (χ3n) is 3.66. The van der Waals surface area contributed by atoms with Crippen molar-refractivity contribution >= 4 is 21.8 Å². The molecule has 0 spiro atoms. The van der Waals surface area contributed by atoms with Gasteiger partial charge in [-0.15, -0.1) is 0 Å². The maximum absolute atomic E-state index is 11.6. The zero-order valence-electron chi connectivity index (χ0n) is 12.4. The second-order valence-electron chi connectivity index (χ2n) is 5.67. The average molecular weight is 355 g/mol. The molecule has 1 saturated carbocycles. The van der Waals surface area contributed by atoms with Crippen LogP contribution >= 0.6 is 15.9 Å². The molecule has 1 atom stereocenters. The second-order valence-corrected chi connectivity index (χ2v) is 6.53. The van der Waals surface area contributed by atoms with Crippen molar-refractivity contribution < 1.29 is 9.53 Å². The average Bonchev–Trinajstić information content (AvgIpc) is 3.28. The monoisotopic (exact) mass is 354 g/mol. The quantitative estimate of drug-likeness (QED) is 0.754. The van der Waals surface area contributed by atoms with E-state index >= 15 is 0 Å². The van der Waals surface area contributed by atoms with Gasteiger partial charge in [0.1, 0.15) is 5.75 Å². The Hall–Kier alpha value is -1.07. The molecule has 0 heterocycles. The number of nitrogens with one attached hydrogen (secondary N) is 1. The molecule has 0 aromatic heterocycles. The molecule has 21 heavy (non-hydrogen) atoms. The van der Waals surface area contributed by atoms with Crippen molar-refractivity contribution in [3.05, 3.63) is 28.2 Å². The van der Waals surface area contributed by atoms with Crippen molar-refractivity contribution in [3.8, 4) is 5.75 Å². The summed E-state index contributed by atoms with van der Waals surface area (Å²) in [6.07, 6.45) is 4.26. The van der Waals surface area contributed by atoms with Gasteiger partial charge in [0.05, 0.1) is 4.47 Å². The Kier molecular flexibility index (Phi) is 6.06. The van der Waals surface area contributed by atoms with Crippen LogP contribution in [0.4, 0.5) is 0 Å². The summed E-state index contributed by atoms with van der Waals surface area (Å²) in [5, 5.41) is 2.88. The molecule has 0 radical (unpaired) electrons. The first-order valence-electron chi connectivity index (χ1n) is 7.52. The third-order valence-corrected chi connectivity index (χ3v) is 4.28. The van der Waals surface area contributed by atoms with Gasteiger partial charge in [-0.1, -0.05) is 13.0 Å². The van der Waals surface area contributed by atoms with Gasteiger partial charge in [-0.3, -0.25) is 4.79 Å². The highest BCUT2D eigenvalue weighted by molar-refractivity contribution is 9.10. The molecule has 0 saturated heterocycles. The first-order valence-corrected chi connectivity index (χ1v) is 8.31. The Labute approximate surface area is 134 Å². The third kappa shape index (κ3) is 5.67. The molecule has 0 aliphatic heterocycles. The number of rotatable bonds is 8. The Morgan fingerprint density at radius 3 is 2.90 bits per heavy atom. The molecule has 4 nitrogen and oxygen atoms in total. The van der Waals surface area contributed by atoms with Gasteiger partial charge >= 0.3 is 0 Å². The highest BCUT2D eigenvalue weighted by Gasteiger charge is 2.21. The van der Waals surface area contributed by atoms with Gasteiger partial charge in [-0.2, -0.15) is 0 Å². The lowest BCUT2D eigenvalue weighted by molar-refractivity contribution is -0.123. The molecule has 1 aromatic rings. The summed E-state index contributed by atoms with van der Waals surface area (Å²) in [6, 6.07) is 6.07. The Morgan fingerprint density at radius 2 is 2.29 bits per heavy atom. The van der Waals surface area contributed by atoms with Crippen molar-refractivity contribution in [3.63, 3.8) is 0 Å². The minimum atomic E-state index is -0.0640. The maximum Gasteiger partial charge on any atom is 0.257 e. The summed E-state index contributed by atoms with van der Waals surface area (Å²) in [5.41, 5.74) is 7.12. The fourth-order valence-electron chi connectivity index (χ4n) is 2.01. The number of ether oxygens (including phenoxy) is 1. The maximum atomic E-state index is 11.6. The van der Waals surface area contributed by atoms with Gasteiger partial charge in [0.15, 0.2) is 6.61 Å². The predicted molar refractivity (Wildman–Crippen MR) is 87.3 cm³/mol. The van der Waals surface area contributed by atoms with Gasteiger partial charge in [-0.05, 0) is 65.2 Å². The van der Waals surface area contributed by atoms with Crippen molar-refractivity contribution in [2.24, 2.45) is 11.7 Å². The number of carbonyl (C=O) groups is 1. The van der Waals surface area contributed by atoms with Crippen LogP contribution in [-0.2, 0) is 11.2 Å². The fraction of sp³-hybridized carbons (Fsp3) is 0.562. The number of hydrogen-bond acceptors (Lipinski definition) is 3. The summed E-state index contributed by atoms with van der Waals surface area (Å²) in [4.78, 5) is 11.6. The molecule has 116 valence electrons. The van der Waals surface area contributed by atoms with Gasteiger partial charge in [0.2, 0.25) is 0 Å². The van der Waals surface area contributed by atoms with Crippen molar-refractivity contribution in [1.82, 2.24) is 5.32 Å². The minimum absolute atomic E-state index is 0.0547. The lowest BCUT2D eigenvalue weighted by Crippen LogP contribution is -2.30. The Balaban J connectivity index is 1.80. The van der Waals surface area contributed by atoms with Crippen molar-refractivity contribution in [2.75, 3.05) is 13.2 Å². The highest BCUT2D eigenvalue weighted by Crippen LogP contribution is 2.28. The zero-order valence-corrected chi connectivity index (χ0v) is 14.0. The van der Waals surface area contributed by atoms with Crippen LogP contribution in [-0.4, -0.2) is 25.1 Å². The topological polar surface area (TPSA) is 64.3 Å². The van der Waals surface area contributed by atoms with E-state index in [1.807, 2.05) is 18.2 Å². The molecule has 1 aromatic carbocycles. The first kappa shape index (κ1) is 16.3. The van der Waals surface area contributed by atoms with Crippen LogP contribution in [0, 0.1) is 5.92 Å². The smallest absolute Gasteiger partial charge is 0.257 e. The van der Waals surface area contributed by atoms with E-state index in [0.29, 0.717) is 11.7 Å². The zero-order chi connectivity index (χ0) is 15.2. The Morgan fingerprint density at radius 1 is 1.52 bits per heavy atom. The second kappa shape index (κ2) is 7.80. The summed E-state index contributed by atoms with van der Waals surface area (Å²) in [5.74, 6) is 1.30. The summed E-state index contributed by atoms with van der Waals surface area (Å²) >= 11 is 3.48. The van der Waals surface area contributed by atoms with Gasteiger partial charge in [-0.25, -0.2) is 0 Å². The molecule has 1 unspecified atom stereocenters. The molecule has 1 aliphatic rings. The normalized spacial score (nSPS) is 15.6. The molecule has 3 N–H and O–H groups in total. The standard InChI is InChI=1S/C16H23BrN2O2/c1-2-13(18)7-12-5-6-15(14(17)8-12)21-10-16(20)19-9-11-3-4-11/h5-6,8,11,13H,2-4,7,9-10,18H2,1H3,(H,19,20). The Bertz CT molecular complexity index is 489. The van der Waals surface area contributed by atoms with Crippen LogP contribution in [0.5, 0.6) is 5.75 Å². The molecule has 1 aliphatic carbocycles. The molecule has 1 fully saturated rings. The van der Waals surface area contributed by atoms with E-state index in [1.165, 1.54) is 18.4 Å². The van der Waals surface area contributed by atoms with Crippen LogP contribution in [0.2, 0.25) is 0 Å². The van der Waals surface area contributed by atoms with Crippen LogP contribution in [0.1, 0.15) is 31.7 Å². The summed E-state index contributed by atoms with van der Waals surface area (Å²) < 4.78 is 6.41. The largest absolute Gasteiger partial charge is 0.483 e.